The Balaban J connectivity index is 1.53. The zero-order chi connectivity index (χ0) is 19.4. The van der Waals surface area contributed by atoms with E-state index in [0.29, 0.717) is 23.3 Å². The van der Waals surface area contributed by atoms with Gasteiger partial charge in [0.05, 0.1) is 13.2 Å². The van der Waals surface area contributed by atoms with Gasteiger partial charge in [-0.25, -0.2) is 9.97 Å². The van der Waals surface area contributed by atoms with Crippen LogP contribution in [0.25, 0.3) is 0 Å². The fourth-order valence-corrected chi connectivity index (χ4v) is 4.50. The number of hydrogen-bond acceptors (Lipinski definition) is 6. The van der Waals surface area contributed by atoms with Gasteiger partial charge in [0, 0.05) is 54.4 Å². The summed E-state index contributed by atoms with van der Waals surface area (Å²) in [5.41, 5.74) is 0.987. The highest BCUT2D eigenvalue weighted by atomic mass is 35.5. The van der Waals surface area contributed by atoms with Crippen molar-refractivity contribution >= 4 is 34.8 Å². The van der Waals surface area contributed by atoms with Crippen LogP contribution in [-0.4, -0.2) is 56.0 Å². The number of ether oxygens (including phenoxy) is 2. The second-order valence-corrected chi connectivity index (χ2v) is 8.07. The van der Waals surface area contributed by atoms with Gasteiger partial charge >= 0.3 is 0 Å². The van der Waals surface area contributed by atoms with Gasteiger partial charge < -0.3 is 19.7 Å². The van der Waals surface area contributed by atoms with Crippen LogP contribution < -0.4 is 10.2 Å². The summed E-state index contributed by atoms with van der Waals surface area (Å²) in [5, 5.41) is 4.87. The molecule has 0 aliphatic carbocycles. The van der Waals surface area contributed by atoms with Gasteiger partial charge in [-0.15, -0.1) is 0 Å². The van der Waals surface area contributed by atoms with Crippen LogP contribution in [0, 0.1) is 0 Å². The third kappa shape index (κ3) is 4.35. The molecule has 1 aromatic heterocycles. The molecule has 150 valence electrons. The second kappa shape index (κ2) is 8.82. The van der Waals surface area contributed by atoms with E-state index in [9.17, 15) is 0 Å². The number of hydrogen-bond donors (Lipinski definition) is 1. The van der Waals surface area contributed by atoms with E-state index < -0.39 is 0 Å². The van der Waals surface area contributed by atoms with Crippen LogP contribution in [0.3, 0.4) is 0 Å². The Morgan fingerprint density at radius 2 is 1.75 bits per heavy atom. The topological polar surface area (TPSA) is 59.5 Å². The zero-order valence-electron chi connectivity index (χ0n) is 15.7. The normalized spacial score (nSPS) is 19.4. The summed E-state index contributed by atoms with van der Waals surface area (Å²) in [7, 11) is 0. The van der Waals surface area contributed by atoms with Crippen molar-refractivity contribution in [3.8, 4) is 0 Å². The Labute approximate surface area is 175 Å². The van der Waals surface area contributed by atoms with E-state index in [1.165, 1.54) is 0 Å². The molecule has 2 saturated heterocycles. The van der Waals surface area contributed by atoms with Crippen LogP contribution in [0.4, 0.5) is 11.6 Å². The molecule has 28 heavy (non-hydrogen) atoms. The molecule has 1 N–H and O–H groups in total. The maximum absolute atomic E-state index is 6.56. The van der Waals surface area contributed by atoms with Gasteiger partial charge in [-0.3, -0.25) is 0 Å². The van der Waals surface area contributed by atoms with Crippen LogP contribution in [-0.2, 0) is 14.9 Å². The van der Waals surface area contributed by atoms with Gasteiger partial charge in [-0.05, 0) is 30.5 Å². The lowest BCUT2D eigenvalue weighted by molar-refractivity contribution is 0.0544. The molecule has 0 amide bonds. The Hall–Kier alpha value is -1.60. The third-order valence-electron chi connectivity index (χ3n) is 5.55. The highest BCUT2D eigenvalue weighted by Gasteiger charge is 2.36. The summed E-state index contributed by atoms with van der Waals surface area (Å²) in [6, 6.07) is 7.76. The van der Waals surface area contributed by atoms with Crippen molar-refractivity contribution < 1.29 is 9.47 Å². The van der Waals surface area contributed by atoms with Crippen LogP contribution in [0.2, 0.25) is 10.0 Å². The van der Waals surface area contributed by atoms with Crippen LogP contribution in [0.5, 0.6) is 0 Å². The maximum atomic E-state index is 6.56. The molecule has 8 heteroatoms. The average Bonchev–Trinajstić information content (AvgIpc) is 2.74. The van der Waals surface area contributed by atoms with Crippen LogP contribution in [0.15, 0.2) is 30.6 Å². The van der Waals surface area contributed by atoms with E-state index in [-0.39, 0.29) is 5.41 Å². The Morgan fingerprint density at radius 3 is 2.50 bits per heavy atom. The molecule has 0 spiro atoms. The predicted octanol–water partition coefficient (Wildman–Crippen LogP) is 3.78. The molecular formula is C20H24Cl2N4O2. The number of rotatable bonds is 5. The molecule has 2 aliphatic rings. The minimum Gasteiger partial charge on any atom is -0.381 e. The highest BCUT2D eigenvalue weighted by molar-refractivity contribution is 6.35. The first-order valence-corrected chi connectivity index (χ1v) is 10.3. The Morgan fingerprint density at radius 1 is 1.00 bits per heavy atom. The molecule has 0 unspecified atom stereocenters. The second-order valence-electron chi connectivity index (χ2n) is 7.23. The summed E-state index contributed by atoms with van der Waals surface area (Å²) in [6.07, 6.45) is 3.39. The van der Waals surface area contributed by atoms with E-state index in [1.807, 2.05) is 24.3 Å². The van der Waals surface area contributed by atoms with E-state index in [4.69, 9.17) is 32.7 Å². The lowest BCUT2D eigenvalue weighted by Gasteiger charge is -2.38. The summed E-state index contributed by atoms with van der Waals surface area (Å²) in [6.45, 7) is 5.29. The SMILES string of the molecule is Clc1ccc(C2(CNc3cc(N4CCOCC4)ncn3)CCOCC2)c(Cl)c1. The quantitative estimate of drug-likeness (QED) is 0.790. The van der Waals surface area contributed by atoms with Crippen LogP contribution in [0.1, 0.15) is 18.4 Å². The molecule has 0 saturated carbocycles. The molecular weight excluding hydrogens is 399 g/mol. The van der Waals surface area contributed by atoms with Crippen molar-refractivity contribution in [3.63, 3.8) is 0 Å². The standard InChI is InChI=1S/C20H24Cl2N4O2/c21-15-1-2-16(17(22)11-15)20(3-7-27-8-4-20)13-23-18-12-19(25-14-24-18)26-5-9-28-10-6-26/h1-2,11-12,14H,3-10,13H2,(H,23,24,25). The number of morpholine rings is 1. The van der Waals surface area contributed by atoms with Gasteiger partial charge in [-0.1, -0.05) is 29.3 Å². The molecule has 3 heterocycles. The Kier molecular flexibility index (Phi) is 6.21. The largest absolute Gasteiger partial charge is 0.381 e. The predicted molar refractivity (Wildman–Crippen MR) is 112 cm³/mol. The van der Waals surface area contributed by atoms with Crippen molar-refractivity contribution in [2.75, 3.05) is 56.3 Å². The van der Waals surface area contributed by atoms with Gasteiger partial charge in [-0.2, -0.15) is 0 Å². The summed E-state index contributed by atoms with van der Waals surface area (Å²) < 4.78 is 11.0. The lowest BCUT2D eigenvalue weighted by Crippen LogP contribution is -2.40. The first-order valence-electron chi connectivity index (χ1n) is 9.58. The number of aromatic nitrogens is 2. The minimum absolute atomic E-state index is 0.121. The fourth-order valence-electron chi connectivity index (χ4n) is 3.89. The monoisotopic (exact) mass is 422 g/mol. The highest BCUT2D eigenvalue weighted by Crippen LogP contribution is 2.39. The smallest absolute Gasteiger partial charge is 0.134 e. The van der Waals surface area contributed by atoms with Gasteiger partial charge in [0.15, 0.2) is 0 Å². The fraction of sp³-hybridized carbons (Fsp3) is 0.500. The summed E-state index contributed by atoms with van der Waals surface area (Å²) >= 11 is 12.7. The molecule has 0 bridgehead atoms. The van der Waals surface area contributed by atoms with Crippen molar-refractivity contribution in [1.82, 2.24) is 9.97 Å². The molecule has 2 aliphatic heterocycles. The van der Waals surface area contributed by atoms with Crippen LogP contribution >= 0.6 is 23.2 Å². The molecule has 0 atom stereocenters. The molecule has 2 fully saturated rings. The number of nitrogens with zero attached hydrogens (tertiary/aromatic N) is 3. The molecule has 2 aromatic rings. The minimum atomic E-state index is -0.121. The summed E-state index contributed by atoms with van der Waals surface area (Å²) in [4.78, 5) is 11.1. The number of nitrogens with one attached hydrogen (secondary N) is 1. The molecule has 4 rings (SSSR count). The lowest BCUT2D eigenvalue weighted by atomic mass is 9.74. The first-order chi connectivity index (χ1) is 13.7. The molecule has 0 radical (unpaired) electrons. The molecule has 6 nitrogen and oxygen atoms in total. The van der Waals surface area contributed by atoms with E-state index >= 15 is 0 Å². The average molecular weight is 423 g/mol. The van der Waals surface area contributed by atoms with Gasteiger partial charge in [0.1, 0.15) is 18.0 Å². The van der Waals surface area contributed by atoms with Crippen molar-refractivity contribution in [2.24, 2.45) is 0 Å². The van der Waals surface area contributed by atoms with Crippen molar-refractivity contribution in [1.29, 1.82) is 0 Å². The number of benzene rings is 1. The van der Waals surface area contributed by atoms with E-state index in [0.717, 1.165) is 62.9 Å². The summed E-state index contributed by atoms with van der Waals surface area (Å²) in [5.74, 6) is 1.73. The number of anilines is 2. The molecule has 1 aromatic carbocycles. The van der Waals surface area contributed by atoms with Crippen molar-refractivity contribution in [3.05, 3.63) is 46.2 Å². The first kappa shape index (κ1) is 19.7. The van der Waals surface area contributed by atoms with Gasteiger partial charge in [0.25, 0.3) is 0 Å². The Bertz CT molecular complexity index is 809. The third-order valence-corrected chi connectivity index (χ3v) is 6.10. The number of halogens is 2. The van der Waals surface area contributed by atoms with E-state index in [1.54, 1.807) is 6.33 Å². The van der Waals surface area contributed by atoms with Crippen molar-refractivity contribution in [2.45, 2.75) is 18.3 Å². The van der Waals surface area contributed by atoms with E-state index in [2.05, 4.69) is 20.2 Å². The zero-order valence-corrected chi connectivity index (χ0v) is 17.2. The van der Waals surface area contributed by atoms with Gasteiger partial charge in [0.2, 0.25) is 0 Å². The maximum Gasteiger partial charge on any atom is 0.134 e.